The van der Waals surface area contributed by atoms with Crippen LogP contribution in [0, 0.1) is 0 Å². The maximum Gasteiger partial charge on any atom is 0.305 e. The van der Waals surface area contributed by atoms with Crippen LogP contribution in [-0.2, 0) is 19.0 Å². The van der Waals surface area contributed by atoms with Crippen LogP contribution in [0.4, 0.5) is 0 Å². The number of ether oxygens (including phenoxy) is 3. The highest BCUT2D eigenvalue weighted by molar-refractivity contribution is 5.69. The van der Waals surface area contributed by atoms with Gasteiger partial charge in [0.2, 0.25) is 0 Å². The van der Waals surface area contributed by atoms with Crippen LogP contribution in [-0.4, -0.2) is 65.7 Å². The average molecular weight is 455 g/mol. The van der Waals surface area contributed by atoms with E-state index in [2.05, 4.69) is 43.4 Å². The van der Waals surface area contributed by atoms with E-state index in [9.17, 15) is 20.1 Å². The fraction of sp³-hybridized carbons (Fsp3) is 0.720. The zero-order valence-corrected chi connectivity index (χ0v) is 19.6. The van der Waals surface area contributed by atoms with E-state index in [4.69, 9.17) is 14.2 Å². The molecule has 0 aromatic carbocycles. The number of hydrogen-bond donors (Lipinski definition) is 3. The molecule has 7 nitrogen and oxygen atoms in total. The second-order valence-electron chi connectivity index (χ2n) is 8.03. The van der Waals surface area contributed by atoms with Gasteiger partial charge in [0.1, 0.15) is 31.0 Å². The maximum absolute atomic E-state index is 11.9. The van der Waals surface area contributed by atoms with Crippen molar-refractivity contribution in [1.29, 1.82) is 0 Å². The number of aliphatic hydroxyl groups excluding tert-OH is 3. The van der Waals surface area contributed by atoms with Crippen molar-refractivity contribution in [1.82, 2.24) is 0 Å². The first-order valence-corrected chi connectivity index (χ1v) is 11.8. The molecule has 1 unspecified atom stereocenters. The third kappa shape index (κ3) is 11.9. The topological polar surface area (TPSA) is 105 Å². The smallest absolute Gasteiger partial charge is 0.305 e. The van der Waals surface area contributed by atoms with E-state index in [1.54, 1.807) is 0 Å². The van der Waals surface area contributed by atoms with Gasteiger partial charge in [0.05, 0.1) is 0 Å². The Hall–Kier alpha value is -1.51. The van der Waals surface area contributed by atoms with E-state index >= 15 is 0 Å². The molecule has 1 aliphatic heterocycles. The van der Waals surface area contributed by atoms with E-state index in [0.29, 0.717) is 6.42 Å². The lowest BCUT2D eigenvalue weighted by molar-refractivity contribution is -0.295. The van der Waals surface area contributed by atoms with Gasteiger partial charge in [0.25, 0.3) is 0 Å². The summed E-state index contributed by atoms with van der Waals surface area (Å²) >= 11 is 0. The SMILES string of the molecule is CCC=CCC=CCC=CCCCCCCCC(=O)OC[C@H]1OC(OC)[C@H](O)[C@@H](O)[C@@H]1O. The largest absolute Gasteiger partial charge is 0.463 e. The minimum atomic E-state index is -1.42. The summed E-state index contributed by atoms with van der Waals surface area (Å²) in [5, 5.41) is 29.5. The first kappa shape index (κ1) is 28.5. The van der Waals surface area contributed by atoms with Gasteiger partial charge in [0, 0.05) is 13.5 Å². The molecule has 0 spiro atoms. The third-order valence-electron chi connectivity index (χ3n) is 5.34. The molecule has 32 heavy (non-hydrogen) atoms. The van der Waals surface area contributed by atoms with Crippen molar-refractivity contribution in [2.24, 2.45) is 0 Å². The Morgan fingerprint density at radius 1 is 0.844 bits per heavy atom. The van der Waals surface area contributed by atoms with Gasteiger partial charge in [-0.25, -0.2) is 0 Å². The quantitative estimate of drug-likeness (QED) is 0.186. The van der Waals surface area contributed by atoms with Gasteiger partial charge in [-0.15, -0.1) is 0 Å². The van der Waals surface area contributed by atoms with Crippen LogP contribution < -0.4 is 0 Å². The predicted octanol–water partition coefficient (Wildman–Crippen LogP) is 3.57. The van der Waals surface area contributed by atoms with Crippen molar-refractivity contribution < 1.29 is 34.3 Å². The van der Waals surface area contributed by atoms with E-state index < -0.39 is 30.7 Å². The van der Waals surface area contributed by atoms with Gasteiger partial charge in [-0.1, -0.05) is 62.6 Å². The number of methoxy groups -OCH3 is 1. The summed E-state index contributed by atoms with van der Waals surface area (Å²) < 4.78 is 15.4. The summed E-state index contributed by atoms with van der Waals surface area (Å²) in [6.45, 7) is 1.94. The highest BCUT2D eigenvalue weighted by Gasteiger charge is 2.44. The molecule has 7 heteroatoms. The lowest BCUT2D eigenvalue weighted by Gasteiger charge is -2.39. The number of carbonyl (C=O) groups excluding carboxylic acids is 1. The number of carbonyl (C=O) groups is 1. The fourth-order valence-corrected chi connectivity index (χ4v) is 3.38. The number of aliphatic hydroxyl groups is 3. The molecule has 1 saturated heterocycles. The van der Waals surface area contributed by atoms with Crippen molar-refractivity contribution >= 4 is 5.97 Å². The summed E-state index contributed by atoms with van der Waals surface area (Å²) in [5.41, 5.74) is 0. The molecule has 0 aromatic rings. The predicted molar refractivity (Wildman–Crippen MR) is 124 cm³/mol. The van der Waals surface area contributed by atoms with Crippen LogP contribution >= 0.6 is 0 Å². The molecular formula is C25H42O7. The second kappa shape index (κ2) is 18.0. The molecule has 1 rings (SSSR count). The number of esters is 1. The highest BCUT2D eigenvalue weighted by Crippen LogP contribution is 2.22. The summed E-state index contributed by atoms with van der Waals surface area (Å²) in [6.07, 6.45) is 16.6. The minimum absolute atomic E-state index is 0.194. The van der Waals surface area contributed by atoms with Crippen LogP contribution in [0.3, 0.4) is 0 Å². The van der Waals surface area contributed by atoms with Crippen molar-refractivity contribution in [2.45, 2.75) is 102 Å². The second-order valence-corrected chi connectivity index (χ2v) is 8.03. The van der Waals surface area contributed by atoms with Gasteiger partial charge in [0.15, 0.2) is 6.29 Å². The maximum atomic E-state index is 11.9. The van der Waals surface area contributed by atoms with Gasteiger partial charge >= 0.3 is 5.97 Å². The zero-order chi connectivity index (χ0) is 23.6. The van der Waals surface area contributed by atoms with Crippen molar-refractivity contribution in [3.05, 3.63) is 36.5 Å². The Bertz CT molecular complexity index is 571. The van der Waals surface area contributed by atoms with Crippen LogP contribution in [0.2, 0.25) is 0 Å². The minimum Gasteiger partial charge on any atom is -0.463 e. The van der Waals surface area contributed by atoms with Crippen molar-refractivity contribution in [3.8, 4) is 0 Å². The first-order valence-electron chi connectivity index (χ1n) is 11.8. The van der Waals surface area contributed by atoms with Gasteiger partial charge in [-0.3, -0.25) is 4.79 Å². The van der Waals surface area contributed by atoms with Crippen LogP contribution in [0.25, 0.3) is 0 Å². The number of allylic oxidation sites excluding steroid dienone is 6. The van der Waals surface area contributed by atoms with Crippen LogP contribution in [0.1, 0.15) is 71.1 Å². The van der Waals surface area contributed by atoms with E-state index in [1.807, 2.05) is 0 Å². The monoisotopic (exact) mass is 454 g/mol. The molecule has 1 aliphatic rings. The Labute approximate surface area is 192 Å². The van der Waals surface area contributed by atoms with Gasteiger partial charge in [-0.05, 0) is 38.5 Å². The first-order chi connectivity index (χ1) is 15.5. The molecule has 0 amide bonds. The van der Waals surface area contributed by atoms with Crippen LogP contribution in [0.5, 0.6) is 0 Å². The molecule has 3 N–H and O–H groups in total. The van der Waals surface area contributed by atoms with Crippen molar-refractivity contribution in [2.75, 3.05) is 13.7 Å². The Balaban J connectivity index is 2.01. The van der Waals surface area contributed by atoms with Gasteiger partial charge in [-0.2, -0.15) is 0 Å². The summed E-state index contributed by atoms with van der Waals surface area (Å²) in [7, 11) is 1.32. The summed E-state index contributed by atoms with van der Waals surface area (Å²) in [6, 6.07) is 0. The Morgan fingerprint density at radius 2 is 1.47 bits per heavy atom. The standard InChI is InChI=1S/C25H42O7/c1-3-4-5-6-7-8-9-10-11-12-13-14-15-16-17-18-21(26)31-19-20-22(27)23(28)24(29)25(30-2)32-20/h4-5,7-8,10-11,20,22-25,27-29H,3,6,9,12-19H2,1-2H3/t20-,22-,23+,24-,25?/m1/s1. The molecule has 0 aliphatic carbocycles. The molecule has 1 fully saturated rings. The lowest BCUT2D eigenvalue weighted by atomic mass is 9.99. The summed E-state index contributed by atoms with van der Waals surface area (Å²) in [5.74, 6) is -0.364. The molecular weight excluding hydrogens is 412 g/mol. The van der Waals surface area contributed by atoms with Gasteiger partial charge < -0.3 is 29.5 Å². The average Bonchev–Trinajstić information content (AvgIpc) is 2.79. The Kier molecular flexibility index (Phi) is 16.0. The van der Waals surface area contributed by atoms with E-state index in [-0.39, 0.29) is 12.6 Å². The molecule has 184 valence electrons. The third-order valence-corrected chi connectivity index (χ3v) is 5.34. The number of hydrogen-bond acceptors (Lipinski definition) is 7. The number of unbranched alkanes of at least 4 members (excludes halogenated alkanes) is 5. The van der Waals surface area contributed by atoms with Crippen LogP contribution in [0.15, 0.2) is 36.5 Å². The zero-order valence-electron chi connectivity index (χ0n) is 19.6. The molecule has 1 heterocycles. The van der Waals surface area contributed by atoms with E-state index in [1.165, 1.54) is 7.11 Å². The molecule has 0 bridgehead atoms. The summed E-state index contributed by atoms with van der Waals surface area (Å²) in [4.78, 5) is 11.9. The van der Waals surface area contributed by atoms with Crippen molar-refractivity contribution in [3.63, 3.8) is 0 Å². The normalized spacial score (nSPS) is 26.5. The molecule has 5 atom stereocenters. The fourth-order valence-electron chi connectivity index (χ4n) is 3.38. The lowest BCUT2D eigenvalue weighted by Crippen LogP contribution is -2.59. The number of rotatable bonds is 16. The molecule has 0 saturated carbocycles. The Morgan fingerprint density at radius 3 is 2.16 bits per heavy atom. The highest BCUT2D eigenvalue weighted by atomic mass is 16.7. The molecule has 0 aromatic heterocycles. The van der Waals surface area contributed by atoms with E-state index in [0.717, 1.165) is 57.8 Å². The molecule has 0 radical (unpaired) electrons.